The summed E-state index contributed by atoms with van der Waals surface area (Å²) in [5.74, 6) is 0. The molecule has 0 saturated carbocycles. The van der Waals surface area contributed by atoms with Crippen LogP contribution in [0.2, 0.25) is 0 Å². The molecule has 1 aromatic carbocycles. The zero-order valence-electron chi connectivity index (χ0n) is 8.76. The normalized spacial score (nSPS) is 15.8. The van der Waals surface area contributed by atoms with Gasteiger partial charge in [-0.2, -0.15) is 0 Å². The molecule has 0 unspecified atom stereocenters. The van der Waals surface area contributed by atoms with E-state index in [1.54, 1.807) is 23.5 Å². The third-order valence-corrected chi connectivity index (χ3v) is 4.48. The predicted molar refractivity (Wildman–Crippen MR) is 66.0 cm³/mol. The van der Waals surface area contributed by atoms with E-state index < -0.39 is 0 Å². The molecule has 0 atom stereocenters. The number of fused-ring (bicyclic) bond motifs is 1. The lowest BCUT2D eigenvalue weighted by Gasteiger charge is -2.19. The maximum Gasteiger partial charge on any atom is 0.0427 e. The molecule has 0 radical (unpaired) electrons. The summed E-state index contributed by atoms with van der Waals surface area (Å²) >= 11 is 3.57. The lowest BCUT2D eigenvalue weighted by molar-refractivity contribution is 0.588. The maximum atomic E-state index is 3.99. The summed E-state index contributed by atoms with van der Waals surface area (Å²) in [4.78, 5) is 2.72. The molecule has 0 aliphatic carbocycles. The van der Waals surface area contributed by atoms with Gasteiger partial charge in [-0.15, -0.1) is 0 Å². The van der Waals surface area contributed by atoms with Crippen molar-refractivity contribution in [1.29, 1.82) is 0 Å². The number of hydrogen-bond acceptors (Lipinski definition) is 2. The lowest BCUT2D eigenvalue weighted by Crippen LogP contribution is -2.10. The van der Waals surface area contributed by atoms with E-state index in [2.05, 4.69) is 45.5 Å². The SMILES string of the molecule is C=C1Sc2ccc(C(C)(C)C)cc2S1. The van der Waals surface area contributed by atoms with Crippen molar-refractivity contribution >= 4 is 23.5 Å². The monoisotopic (exact) mass is 222 g/mol. The molecule has 1 aliphatic rings. The number of hydrogen-bond donors (Lipinski definition) is 0. The molecule has 0 aromatic heterocycles. The van der Waals surface area contributed by atoms with Crippen LogP contribution in [0.25, 0.3) is 0 Å². The third kappa shape index (κ3) is 1.86. The Kier molecular flexibility index (Phi) is 2.44. The van der Waals surface area contributed by atoms with Crippen molar-refractivity contribution in [2.45, 2.75) is 36.0 Å². The molecule has 2 heteroatoms. The fraction of sp³-hybridized carbons (Fsp3) is 0.333. The van der Waals surface area contributed by atoms with Gasteiger partial charge < -0.3 is 0 Å². The zero-order chi connectivity index (χ0) is 10.3. The van der Waals surface area contributed by atoms with Crippen LogP contribution in [-0.2, 0) is 5.41 Å². The average Bonchev–Trinajstić information content (AvgIpc) is 2.41. The van der Waals surface area contributed by atoms with Crippen LogP contribution in [0.4, 0.5) is 0 Å². The minimum absolute atomic E-state index is 0.240. The first-order chi connectivity index (χ1) is 6.47. The number of benzene rings is 1. The Balaban J connectivity index is 2.43. The van der Waals surface area contributed by atoms with Crippen molar-refractivity contribution < 1.29 is 0 Å². The topological polar surface area (TPSA) is 0 Å². The maximum absolute atomic E-state index is 3.99. The van der Waals surface area contributed by atoms with Crippen LogP contribution in [0, 0.1) is 0 Å². The summed E-state index contributed by atoms with van der Waals surface area (Å²) in [6.45, 7) is 10.7. The van der Waals surface area contributed by atoms with Gasteiger partial charge in [-0.1, -0.05) is 56.9 Å². The molecular formula is C12H14S2. The fourth-order valence-electron chi connectivity index (χ4n) is 1.40. The predicted octanol–water partition coefficient (Wildman–Crippen LogP) is 4.65. The molecule has 0 bridgehead atoms. The van der Waals surface area contributed by atoms with Gasteiger partial charge in [0.2, 0.25) is 0 Å². The second-order valence-electron chi connectivity index (χ2n) is 4.49. The Morgan fingerprint density at radius 1 is 1.07 bits per heavy atom. The summed E-state index contributed by atoms with van der Waals surface area (Å²) in [5.41, 5.74) is 1.64. The van der Waals surface area contributed by atoms with Crippen molar-refractivity contribution in [2.24, 2.45) is 0 Å². The van der Waals surface area contributed by atoms with Crippen LogP contribution >= 0.6 is 23.5 Å². The van der Waals surface area contributed by atoms with Gasteiger partial charge in [0, 0.05) is 14.0 Å². The van der Waals surface area contributed by atoms with Crippen molar-refractivity contribution in [1.82, 2.24) is 0 Å². The Morgan fingerprint density at radius 2 is 1.71 bits per heavy atom. The molecule has 0 saturated heterocycles. The third-order valence-electron chi connectivity index (χ3n) is 2.26. The molecule has 1 aliphatic heterocycles. The van der Waals surface area contributed by atoms with Gasteiger partial charge in [0.05, 0.1) is 0 Å². The van der Waals surface area contributed by atoms with Gasteiger partial charge in [-0.3, -0.25) is 0 Å². The van der Waals surface area contributed by atoms with E-state index in [0.29, 0.717) is 0 Å². The van der Waals surface area contributed by atoms with Crippen LogP contribution in [0.5, 0.6) is 0 Å². The number of thioether (sulfide) groups is 2. The Hall–Kier alpha value is -0.340. The molecule has 0 nitrogen and oxygen atoms in total. The summed E-state index contributed by atoms with van der Waals surface area (Å²) < 4.78 is 1.19. The van der Waals surface area contributed by atoms with Gasteiger partial charge >= 0.3 is 0 Å². The summed E-state index contributed by atoms with van der Waals surface area (Å²) in [6, 6.07) is 6.74. The highest BCUT2D eigenvalue weighted by molar-refractivity contribution is 8.24. The standard InChI is InChI=1S/C12H14S2/c1-8-13-10-6-5-9(12(2,3)4)7-11(10)14-8/h5-7H,1H2,2-4H3. The van der Waals surface area contributed by atoms with Crippen molar-refractivity contribution in [3.05, 3.63) is 34.6 Å². The van der Waals surface area contributed by atoms with E-state index in [9.17, 15) is 0 Å². The van der Waals surface area contributed by atoms with E-state index in [1.165, 1.54) is 19.6 Å². The molecule has 0 N–H and O–H groups in total. The van der Waals surface area contributed by atoms with E-state index >= 15 is 0 Å². The van der Waals surface area contributed by atoms with Crippen molar-refractivity contribution in [3.63, 3.8) is 0 Å². The van der Waals surface area contributed by atoms with E-state index in [0.717, 1.165) is 0 Å². The number of rotatable bonds is 0. The van der Waals surface area contributed by atoms with Crippen molar-refractivity contribution in [3.8, 4) is 0 Å². The van der Waals surface area contributed by atoms with Crippen LogP contribution < -0.4 is 0 Å². The van der Waals surface area contributed by atoms with Gasteiger partial charge in [0.15, 0.2) is 0 Å². The second-order valence-corrected chi connectivity index (χ2v) is 7.02. The second kappa shape index (κ2) is 3.35. The van der Waals surface area contributed by atoms with E-state index in [-0.39, 0.29) is 5.41 Å². The molecule has 0 spiro atoms. The largest absolute Gasteiger partial charge is 0.0822 e. The Labute approximate surface area is 94.2 Å². The lowest BCUT2D eigenvalue weighted by atomic mass is 9.87. The molecule has 0 amide bonds. The molecule has 74 valence electrons. The van der Waals surface area contributed by atoms with Crippen LogP contribution in [-0.4, -0.2) is 0 Å². The highest BCUT2D eigenvalue weighted by Gasteiger charge is 2.20. The van der Waals surface area contributed by atoms with Gasteiger partial charge in [-0.25, -0.2) is 0 Å². The molecule has 0 fully saturated rings. The first-order valence-electron chi connectivity index (χ1n) is 4.66. The van der Waals surface area contributed by atoms with Crippen LogP contribution in [0.3, 0.4) is 0 Å². The highest BCUT2D eigenvalue weighted by Crippen LogP contribution is 2.50. The Bertz CT molecular complexity index is 386. The van der Waals surface area contributed by atoms with E-state index in [1.807, 2.05) is 0 Å². The minimum Gasteiger partial charge on any atom is -0.0822 e. The van der Waals surface area contributed by atoms with E-state index in [4.69, 9.17) is 0 Å². The van der Waals surface area contributed by atoms with Crippen LogP contribution in [0.1, 0.15) is 26.3 Å². The first kappa shape index (κ1) is 10.2. The van der Waals surface area contributed by atoms with Crippen molar-refractivity contribution in [2.75, 3.05) is 0 Å². The molecule has 1 aromatic rings. The summed E-state index contributed by atoms with van der Waals surface area (Å²) in [6.07, 6.45) is 0. The smallest absolute Gasteiger partial charge is 0.0427 e. The molecule has 1 heterocycles. The molecule has 14 heavy (non-hydrogen) atoms. The minimum atomic E-state index is 0.240. The van der Waals surface area contributed by atoms with Gasteiger partial charge in [0.1, 0.15) is 0 Å². The zero-order valence-corrected chi connectivity index (χ0v) is 10.4. The summed E-state index contributed by atoms with van der Waals surface area (Å²) in [7, 11) is 0. The quantitative estimate of drug-likeness (QED) is 0.626. The fourth-order valence-corrected chi connectivity index (χ4v) is 3.50. The Morgan fingerprint density at radius 3 is 2.36 bits per heavy atom. The van der Waals surface area contributed by atoms with Crippen LogP contribution in [0.15, 0.2) is 38.8 Å². The van der Waals surface area contributed by atoms with Gasteiger partial charge in [0.25, 0.3) is 0 Å². The van der Waals surface area contributed by atoms with Gasteiger partial charge in [-0.05, 0) is 23.1 Å². The highest BCUT2D eigenvalue weighted by atomic mass is 32.2. The summed E-state index contributed by atoms with van der Waals surface area (Å²) in [5, 5.41) is 0. The first-order valence-corrected chi connectivity index (χ1v) is 6.29. The molecule has 2 rings (SSSR count). The molecular weight excluding hydrogens is 208 g/mol. The average molecular weight is 222 g/mol.